The summed E-state index contributed by atoms with van der Waals surface area (Å²) in [5.74, 6) is 0.313. The number of nitrogens with one attached hydrogen (secondary N) is 1. The average molecular weight is 323 g/mol. The van der Waals surface area contributed by atoms with Crippen LogP contribution in [0.2, 0.25) is 0 Å². The molecule has 1 aromatic carbocycles. The van der Waals surface area contributed by atoms with Gasteiger partial charge < -0.3 is 9.52 Å². The Morgan fingerprint density at radius 2 is 1.82 bits per heavy atom. The molecule has 22 heavy (non-hydrogen) atoms. The van der Waals surface area contributed by atoms with Crippen LogP contribution in [0.1, 0.15) is 29.4 Å². The van der Waals surface area contributed by atoms with Crippen molar-refractivity contribution < 1.29 is 17.9 Å². The van der Waals surface area contributed by atoms with E-state index in [9.17, 15) is 13.5 Å². The molecule has 2 aromatic rings. The molecule has 0 saturated heterocycles. The molecular weight excluding hydrogens is 302 g/mol. The quantitative estimate of drug-likeness (QED) is 0.885. The number of hydrogen-bond donors (Lipinski definition) is 2. The zero-order valence-electron chi connectivity index (χ0n) is 13.2. The van der Waals surface area contributed by atoms with Gasteiger partial charge >= 0.3 is 0 Å². The van der Waals surface area contributed by atoms with E-state index < -0.39 is 15.6 Å². The first kappa shape index (κ1) is 16.7. The van der Waals surface area contributed by atoms with Crippen LogP contribution in [0.3, 0.4) is 0 Å². The molecule has 1 unspecified atom stereocenters. The lowest BCUT2D eigenvalue weighted by Crippen LogP contribution is -2.38. The van der Waals surface area contributed by atoms with Crippen LogP contribution in [-0.2, 0) is 15.6 Å². The molecule has 0 spiro atoms. The molecule has 0 fully saturated rings. The van der Waals surface area contributed by atoms with Crippen LogP contribution in [0, 0.1) is 20.8 Å². The summed E-state index contributed by atoms with van der Waals surface area (Å²) in [6.45, 7) is 6.78. The Morgan fingerprint density at radius 1 is 1.23 bits per heavy atom. The number of rotatable bonds is 5. The largest absolute Gasteiger partial charge is 0.466 e. The number of furan rings is 1. The first-order chi connectivity index (χ1) is 10.1. The fourth-order valence-electron chi connectivity index (χ4n) is 2.57. The molecule has 1 atom stereocenters. The highest BCUT2D eigenvalue weighted by atomic mass is 32.2. The first-order valence-electron chi connectivity index (χ1n) is 6.97. The maximum Gasteiger partial charge on any atom is 0.241 e. The van der Waals surface area contributed by atoms with Gasteiger partial charge in [0.25, 0.3) is 0 Å². The van der Waals surface area contributed by atoms with Crippen molar-refractivity contribution in [3.8, 4) is 0 Å². The molecule has 6 heteroatoms. The van der Waals surface area contributed by atoms with Crippen molar-refractivity contribution in [1.29, 1.82) is 0 Å². The molecule has 0 bridgehead atoms. The lowest BCUT2D eigenvalue weighted by molar-refractivity contribution is 0.0395. The minimum Gasteiger partial charge on any atom is -0.466 e. The third-order valence-corrected chi connectivity index (χ3v) is 5.24. The van der Waals surface area contributed by atoms with Crippen molar-refractivity contribution in [2.75, 3.05) is 6.54 Å². The van der Waals surface area contributed by atoms with E-state index in [0.717, 1.165) is 5.56 Å². The standard InChI is InChI=1S/C16H21NO4S/c1-11-8-12(2)15(13(3)9-11)22(19,20)17-10-16(4,18)14-6-5-7-21-14/h5-9,17-18H,10H2,1-4H3. The summed E-state index contributed by atoms with van der Waals surface area (Å²) in [6.07, 6.45) is 1.44. The second kappa shape index (κ2) is 5.87. The van der Waals surface area contributed by atoms with E-state index >= 15 is 0 Å². The molecule has 120 valence electrons. The van der Waals surface area contributed by atoms with Gasteiger partial charge in [-0.05, 0) is 51.0 Å². The van der Waals surface area contributed by atoms with E-state index in [0.29, 0.717) is 16.9 Å². The highest BCUT2D eigenvalue weighted by Crippen LogP contribution is 2.24. The van der Waals surface area contributed by atoms with Gasteiger partial charge in [-0.25, -0.2) is 13.1 Å². The predicted molar refractivity (Wildman–Crippen MR) is 84.1 cm³/mol. The van der Waals surface area contributed by atoms with Gasteiger partial charge in [-0.2, -0.15) is 0 Å². The average Bonchev–Trinajstić information content (AvgIpc) is 2.89. The van der Waals surface area contributed by atoms with E-state index in [1.165, 1.54) is 13.2 Å². The molecule has 5 nitrogen and oxygen atoms in total. The van der Waals surface area contributed by atoms with Crippen LogP contribution in [0.25, 0.3) is 0 Å². The minimum absolute atomic E-state index is 0.171. The lowest BCUT2D eigenvalue weighted by Gasteiger charge is -2.22. The molecule has 1 aromatic heterocycles. The summed E-state index contributed by atoms with van der Waals surface area (Å²) in [7, 11) is -3.71. The summed E-state index contributed by atoms with van der Waals surface area (Å²) in [4.78, 5) is 0.258. The van der Waals surface area contributed by atoms with E-state index in [1.54, 1.807) is 26.0 Å². The maximum atomic E-state index is 12.5. The number of aryl methyl sites for hydroxylation is 3. The van der Waals surface area contributed by atoms with E-state index in [-0.39, 0.29) is 11.4 Å². The highest BCUT2D eigenvalue weighted by Gasteiger charge is 2.29. The Morgan fingerprint density at radius 3 is 2.32 bits per heavy atom. The normalized spacial score (nSPS) is 14.8. The van der Waals surface area contributed by atoms with Gasteiger partial charge in [-0.15, -0.1) is 0 Å². The summed E-state index contributed by atoms with van der Waals surface area (Å²) in [5.41, 5.74) is 0.963. The number of aliphatic hydroxyl groups is 1. The minimum atomic E-state index is -3.71. The number of sulfonamides is 1. The smallest absolute Gasteiger partial charge is 0.241 e. The monoisotopic (exact) mass is 323 g/mol. The Bertz CT molecular complexity index is 738. The molecule has 2 N–H and O–H groups in total. The van der Waals surface area contributed by atoms with E-state index in [2.05, 4.69) is 4.72 Å². The predicted octanol–water partition coefficient (Wildman–Crippen LogP) is 2.39. The zero-order valence-corrected chi connectivity index (χ0v) is 14.0. The summed E-state index contributed by atoms with van der Waals surface area (Å²) < 4.78 is 32.7. The molecule has 0 aliphatic carbocycles. The van der Waals surface area contributed by atoms with Gasteiger partial charge in [-0.1, -0.05) is 17.7 Å². The van der Waals surface area contributed by atoms with Crippen LogP contribution in [-0.4, -0.2) is 20.1 Å². The number of benzene rings is 1. The van der Waals surface area contributed by atoms with Gasteiger partial charge in [0.2, 0.25) is 10.0 Å². The fourth-order valence-corrected chi connectivity index (χ4v) is 4.15. The lowest BCUT2D eigenvalue weighted by atomic mass is 10.1. The molecule has 1 heterocycles. The van der Waals surface area contributed by atoms with Crippen LogP contribution < -0.4 is 4.72 Å². The first-order valence-corrected chi connectivity index (χ1v) is 8.46. The topological polar surface area (TPSA) is 79.5 Å². The van der Waals surface area contributed by atoms with Crippen LogP contribution in [0.15, 0.2) is 39.8 Å². The third-order valence-electron chi connectivity index (χ3n) is 3.53. The Hall–Kier alpha value is -1.63. The Kier molecular flexibility index (Phi) is 4.47. The summed E-state index contributed by atoms with van der Waals surface area (Å²) in [6, 6.07) is 6.90. The van der Waals surface area contributed by atoms with Gasteiger partial charge in [0, 0.05) is 6.54 Å². The Balaban J connectivity index is 2.26. The van der Waals surface area contributed by atoms with Crippen molar-refractivity contribution in [3.05, 3.63) is 53.0 Å². The highest BCUT2D eigenvalue weighted by molar-refractivity contribution is 7.89. The zero-order chi connectivity index (χ0) is 16.5. The molecule has 0 radical (unpaired) electrons. The van der Waals surface area contributed by atoms with Crippen LogP contribution in [0.4, 0.5) is 0 Å². The molecule has 0 aliphatic rings. The summed E-state index contributed by atoms with van der Waals surface area (Å²) in [5, 5.41) is 10.3. The van der Waals surface area contributed by atoms with Crippen molar-refractivity contribution in [3.63, 3.8) is 0 Å². The van der Waals surface area contributed by atoms with Gasteiger partial charge in [0.1, 0.15) is 11.4 Å². The van der Waals surface area contributed by atoms with Gasteiger partial charge in [0.05, 0.1) is 11.2 Å². The molecule has 0 saturated carbocycles. The van der Waals surface area contributed by atoms with Crippen molar-refractivity contribution in [1.82, 2.24) is 4.72 Å². The third kappa shape index (κ3) is 3.40. The molecular formula is C16H21NO4S. The SMILES string of the molecule is Cc1cc(C)c(S(=O)(=O)NCC(C)(O)c2ccco2)c(C)c1. The summed E-state index contributed by atoms with van der Waals surface area (Å²) >= 11 is 0. The fraction of sp³-hybridized carbons (Fsp3) is 0.375. The van der Waals surface area contributed by atoms with E-state index in [4.69, 9.17) is 4.42 Å². The van der Waals surface area contributed by atoms with Crippen molar-refractivity contribution >= 4 is 10.0 Å². The molecule has 0 amide bonds. The molecule has 0 aliphatic heterocycles. The van der Waals surface area contributed by atoms with E-state index in [1.807, 2.05) is 19.1 Å². The maximum absolute atomic E-state index is 12.5. The van der Waals surface area contributed by atoms with Crippen LogP contribution >= 0.6 is 0 Å². The Labute approximate surface area is 131 Å². The van der Waals surface area contributed by atoms with Crippen molar-refractivity contribution in [2.45, 2.75) is 38.2 Å². The van der Waals surface area contributed by atoms with Crippen molar-refractivity contribution in [2.24, 2.45) is 0 Å². The second-order valence-electron chi connectivity index (χ2n) is 5.80. The van der Waals surface area contributed by atoms with Crippen LogP contribution in [0.5, 0.6) is 0 Å². The second-order valence-corrected chi connectivity index (χ2v) is 7.51. The number of hydrogen-bond acceptors (Lipinski definition) is 4. The van der Waals surface area contributed by atoms with Gasteiger partial charge in [-0.3, -0.25) is 0 Å². The van der Waals surface area contributed by atoms with Gasteiger partial charge in [0.15, 0.2) is 0 Å². The molecule has 2 rings (SSSR count).